The van der Waals surface area contributed by atoms with E-state index in [2.05, 4.69) is 20.7 Å². The Balaban J connectivity index is 1.80. The average molecular weight is 710 g/mol. The molecule has 2 unspecified atom stereocenters. The van der Waals surface area contributed by atoms with E-state index in [0.717, 1.165) is 5.56 Å². The predicted octanol–water partition coefficient (Wildman–Crippen LogP) is 1.41. The van der Waals surface area contributed by atoms with Crippen molar-refractivity contribution >= 4 is 47.4 Å². The molecule has 0 aromatic heterocycles. The molecule has 5 amide bonds. The van der Waals surface area contributed by atoms with Crippen molar-refractivity contribution in [2.75, 3.05) is 13.1 Å². The van der Waals surface area contributed by atoms with Crippen molar-refractivity contribution in [2.24, 2.45) is 29.0 Å². The van der Waals surface area contributed by atoms with Crippen molar-refractivity contribution < 1.29 is 24.0 Å². The highest BCUT2D eigenvalue weighted by atomic mass is 32.2. The van der Waals surface area contributed by atoms with Crippen LogP contribution in [0.25, 0.3) is 0 Å². The monoisotopic (exact) mass is 709 g/mol. The van der Waals surface area contributed by atoms with E-state index >= 15 is 0 Å². The number of guanidine groups is 1. The number of carbonyl (C=O) groups is 5. The minimum Gasteiger partial charge on any atom is -0.370 e. The molecule has 11 N–H and O–H groups in total. The third-order valence-corrected chi connectivity index (χ3v) is 9.86. The first kappa shape index (κ1) is 39.8. The number of benzene rings is 2. The van der Waals surface area contributed by atoms with Crippen molar-refractivity contribution in [3.05, 3.63) is 71.8 Å². The molecule has 272 valence electrons. The van der Waals surface area contributed by atoms with Gasteiger partial charge in [-0.05, 0) is 48.6 Å². The van der Waals surface area contributed by atoms with Gasteiger partial charge in [0.15, 0.2) is 5.96 Å². The topological polar surface area (TPSA) is 239 Å². The second-order valence-corrected chi connectivity index (χ2v) is 13.5. The lowest BCUT2D eigenvalue weighted by molar-refractivity contribution is -0.134. The molecule has 1 fully saturated rings. The van der Waals surface area contributed by atoms with Gasteiger partial charge in [0.2, 0.25) is 29.5 Å². The minimum atomic E-state index is -1.18. The molecule has 2 aromatic rings. The molecule has 14 nitrogen and oxygen atoms in total. The van der Waals surface area contributed by atoms with Gasteiger partial charge in [-0.15, -0.1) is 0 Å². The van der Waals surface area contributed by atoms with Crippen molar-refractivity contribution in [1.82, 2.24) is 25.6 Å². The van der Waals surface area contributed by atoms with Crippen molar-refractivity contribution in [1.29, 1.82) is 5.41 Å². The summed E-state index contributed by atoms with van der Waals surface area (Å²) in [5.41, 5.74) is 18.3. The molecule has 2 aromatic carbocycles. The fourth-order valence-corrected chi connectivity index (χ4v) is 6.68. The van der Waals surface area contributed by atoms with Gasteiger partial charge in [0, 0.05) is 25.3 Å². The van der Waals surface area contributed by atoms with Crippen LogP contribution in [0.15, 0.2) is 60.7 Å². The van der Waals surface area contributed by atoms with E-state index in [9.17, 15) is 24.0 Å². The highest BCUT2D eigenvalue weighted by Crippen LogP contribution is 2.23. The third-order valence-electron chi connectivity index (χ3n) is 8.96. The van der Waals surface area contributed by atoms with Gasteiger partial charge in [-0.1, -0.05) is 92.9 Å². The Hall–Kier alpha value is -4.63. The Morgan fingerprint density at radius 2 is 1.44 bits per heavy atom. The van der Waals surface area contributed by atoms with Crippen LogP contribution in [0, 0.1) is 17.2 Å². The molecule has 0 saturated carbocycles. The van der Waals surface area contributed by atoms with E-state index in [4.69, 9.17) is 22.6 Å². The molecule has 1 aliphatic rings. The van der Waals surface area contributed by atoms with Gasteiger partial charge in [-0.2, -0.15) is 0 Å². The number of piperidine rings is 1. The molecule has 1 saturated heterocycles. The second-order valence-electron chi connectivity index (χ2n) is 12.7. The smallest absolute Gasteiger partial charge is 0.244 e. The van der Waals surface area contributed by atoms with E-state index in [1.165, 1.54) is 11.9 Å². The van der Waals surface area contributed by atoms with Gasteiger partial charge < -0.3 is 38.1 Å². The molecule has 0 bridgehead atoms. The number of nitrogens with two attached hydrogens (primary N) is 3. The summed E-state index contributed by atoms with van der Waals surface area (Å²) in [6.07, 6.45) is 1.86. The Bertz CT molecular complexity index is 1440. The van der Waals surface area contributed by atoms with Crippen LogP contribution in [0.2, 0.25) is 0 Å². The number of likely N-dealkylation sites (tertiary alicyclic amines) is 1. The lowest BCUT2D eigenvalue weighted by Gasteiger charge is -2.34. The minimum absolute atomic E-state index is 0.0234. The maximum absolute atomic E-state index is 13.9. The van der Waals surface area contributed by atoms with Crippen LogP contribution in [0.4, 0.5) is 0 Å². The molecule has 1 aliphatic heterocycles. The number of rotatable bonds is 19. The Morgan fingerprint density at radius 1 is 0.860 bits per heavy atom. The number of nitrogens with zero attached hydrogens (tertiary/aromatic N) is 1. The van der Waals surface area contributed by atoms with Crippen LogP contribution >= 0.6 is 11.9 Å². The molecular formula is C35H51N9O5S. The maximum atomic E-state index is 13.9. The zero-order chi connectivity index (χ0) is 36.6. The summed E-state index contributed by atoms with van der Waals surface area (Å²) in [7, 11) is 0. The summed E-state index contributed by atoms with van der Waals surface area (Å²) < 4.78 is 3.25. The number of carbonyl (C=O) groups excluding carboxylic acids is 5. The highest BCUT2D eigenvalue weighted by Gasteiger charge is 2.34. The molecule has 1 heterocycles. The summed E-state index contributed by atoms with van der Waals surface area (Å²) in [4.78, 5) is 67.4. The van der Waals surface area contributed by atoms with Crippen molar-refractivity contribution in [3.63, 3.8) is 0 Å². The van der Waals surface area contributed by atoms with Crippen LogP contribution < -0.4 is 37.9 Å². The number of primary amides is 2. The lowest BCUT2D eigenvalue weighted by Crippen LogP contribution is -2.57. The van der Waals surface area contributed by atoms with Gasteiger partial charge in [-0.25, -0.2) is 0 Å². The molecule has 5 atom stereocenters. The summed E-state index contributed by atoms with van der Waals surface area (Å²) >= 11 is 1.38. The Morgan fingerprint density at radius 3 is 2.00 bits per heavy atom. The first-order chi connectivity index (χ1) is 23.9. The molecular weight excluding hydrogens is 659 g/mol. The SMILES string of the molecule is CCC(C)[C@@H](NSCc1ccccc1)C(=O)N[C@@H](CCC(N)=O)C(=O)NC(CC1CCN(C(=N)N)CC1)C(=O)N[C@H](C(N)=O)c1ccccc1. The first-order valence-electron chi connectivity index (χ1n) is 16.9. The fraction of sp³-hybridized carbons (Fsp3) is 0.486. The summed E-state index contributed by atoms with van der Waals surface area (Å²) in [5, 5.41) is 16.0. The van der Waals surface area contributed by atoms with Crippen LogP contribution in [-0.2, 0) is 29.7 Å². The zero-order valence-electron chi connectivity index (χ0n) is 28.7. The van der Waals surface area contributed by atoms with Gasteiger partial charge in [0.05, 0.1) is 6.04 Å². The standard InChI is InChI=1S/C35H51N9O5S/c1-3-22(2)29(43-50-21-24-10-6-4-7-11-24)34(49)40-26(14-15-28(36)45)32(47)41-27(20-23-16-18-44(19-17-23)35(38)39)33(48)42-30(31(37)46)25-12-8-5-9-13-25/h4-13,22-23,26-27,29-30,43H,3,14-21H2,1-2H3,(H2,36,45)(H2,37,46)(H3,38,39)(H,40,49)(H,41,47)(H,42,48)/t22?,26-,27?,29+,30-/m0/s1. The number of nitrogens with one attached hydrogen (secondary N) is 5. The van der Waals surface area contributed by atoms with Crippen LogP contribution in [-0.4, -0.2) is 71.6 Å². The molecule has 15 heteroatoms. The second kappa shape index (κ2) is 20.1. The number of hydrogen-bond donors (Lipinski definition) is 8. The van der Waals surface area contributed by atoms with E-state index in [1.807, 2.05) is 44.2 Å². The van der Waals surface area contributed by atoms with Gasteiger partial charge >= 0.3 is 0 Å². The van der Waals surface area contributed by atoms with E-state index in [0.29, 0.717) is 43.7 Å². The molecule has 0 radical (unpaired) electrons. The average Bonchev–Trinajstić information content (AvgIpc) is 3.10. The molecule has 0 aliphatic carbocycles. The van der Waals surface area contributed by atoms with Crippen LogP contribution in [0.5, 0.6) is 0 Å². The lowest BCUT2D eigenvalue weighted by atomic mass is 9.89. The van der Waals surface area contributed by atoms with E-state index in [-0.39, 0.29) is 37.1 Å². The van der Waals surface area contributed by atoms with Gasteiger partial charge in [0.1, 0.15) is 18.1 Å². The van der Waals surface area contributed by atoms with Crippen molar-refractivity contribution in [3.8, 4) is 0 Å². The summed E-state index contributed by atoms with van der Waals surface area (Å²) in [5.74, 6) is -2.69. The van der Waals surface area contributed by atoms with Gasteiger partial charge in [0.25, 0.3) is 0 Å². The van der Waals surface area contributed by atoms with Crippen LogP contribution in [0.3, 0.4) is 0 Å². The summed E-state index contributed by atoms with van der Waals surface area (Å²) in [6, 6.07) is 14.2. The van der Waals surface area contributed by atoms with Crippen molar-refractivity contribution in [2.45, 2.75) is 82.3 Å². The predicted molar refractivity (Wildman–Crippen MR) is 194 cm³/mol. The zero-order valence-corrected chi connectivity index (χ0v) is 29.5. The highest BCUT2D eigenvalue weighted by molar-refractivity contribution is 7.96. The Labute approximate surface area is 298 Å². The normalized spacial score (nSPS) is 16.2. The molecule has 50 heavy (non-hydrogen) atoms. The maximum Gasteiger partial charge on any atom is 0.244 e. The molecule has 3 rings (SSSR count). The third kappa shape index (κ3) is 12.7. The van der Waals surface area contributed by atoms with E-state index < -0.39 is 53.7 Å². The van der Waals surface area contributed by atoms with E-state index in [1.54, 1.807) is 35.2 Å². The largest absolute Gasteiger partial charge is 0.370 e. The number of hydrogen-bond acceptors (Lipinski definition) is 8. The quantitative estimate of drug-likeness (QED) is 0.0597. The molecule has 0 spiro atoms. The van der Waals surface area contributed by atoms with Crippen LogP contribution in [0.1, 0.15) is 69.5 Å². The Kier molecular flexibility index (Phi) is 16.0. The first-order valence-corrected chi connectivity index (χ1v) is 17.9. The number of amides is 5. The summed E-state index contributed by atoms with van der Waals surface area (Å²) in [6.45, 7) is 4.92. The van der Waals surface area contributed by atoms with Gasteiger partial charge in [-0.3, -0.25) is 34.1 Å². The fourth-order valence-electron chi connectivity index (χ4n) is 5.72.